The van der Waals surface area contributed by atoms with Crippen LogP contribution in [0.1, 0.15) is 50.6 Å². The smallest absolute Gasteiger partial charge is 0.0538 e. The standard InChI is InChI=1S/C12H22N4/c1-2-7-16-9-11(8-14-16)12(15-13)10-5-3-4-6-10/h8-10,12,15H,2-7,13H2,1H3. The minimum atomic E-state index is 0.285. The van der Waals surface area contributed by atoms with Crippen LogP contribution in [0, 0.1) is 5.92 Å². The number of hydrogen-bond acceptors (Lipinski definition) is 3. The number of nitrogens with zero attached hydrogens (tertiary/aromatic N) is 2. The number of hydrogen-bond donors (Lipinski definition) is 2. The second-order valence-corrected chi connectivity index (χ2v) is 4.73. The van der Waals surface area contributed by atoms with Gasteiger partial charge in [-0.2, -0.15) is 5.10 Å². The molecule has 1 aliphatic carbocycles. The molecule has 3 N–H and O–H groups in total. The molecule has 0 amide bonds. The summed E-state index contributed by atoms with van der Waals surface area (Å²) in [5.74, 6) is 6.37. The molecule has 0 spiro atoms. The Morgan fingerprint density at radius 3 is 2.94 bits per heavy atom. The summed E-state index contributed by atoms with van der Waals surface area (Å²) in [6, 6.07) is 0.285. The first-order chi connectivity index (χ1) is 7.85. The molecule has 0 aliphatic heterocycles. The van der Waals surface area contributed by atoms with E-state index in [1.54, 1.807) is 0 Å². The molecule has 2 rings (SSSR count). The predicted molar refractivity (Wildman–Crippen MR) is 64.5 cm³/mol. The van der Waals surface area contributed by atoms with E-state index in [2.05, 4.69) is 23.6 Å². The maximum absolute atomic E-state index is 5.68. The third kappa shape index (κ3) is 2.44. The summed E-state index contributed by atoms with van der Waals surface area (Å²) >= 11 is 0. The minimum absolute atomic E-state index is 0.285. The van der Waals surface area contributed by atoms with E-state index in [4.69, 9.17) is 5.84 Å². The fourth-order valence-corrected chi connectivity index (χ4v) is 2.69. The molecular formula is C12H22N4. The summed E-state index contributed by atoms with van der Waals surface area (Å²) in [5, 5.41) is 4.37. The summed E-state index contributed by atoms with van der Waals surface area (Å²) in [6.45, 7) is 3.15. The molecule has 1 saturated carbocycles. The maximum atomic E-state index is 5.68. The van der Waals surface area contributed by atoms with Gasteiger partial charge in [-0.3, -0.25) is 16.0 Å². The van der Waals surface area contributed by atoms with Gasteiger partial charge in [0.05, 0.1) is 12.2 Å². The van der Waals surface area contributed by atoms with Crippen molar-refractivity contribution < 1.29 is 0 Å². The molecule has 1 aliphatic rings. The van der Waals surface area contributed by atoms with E-state index < -0.39 is 0 Å². The Labute approximate surface area is 97.2 Å². The molecule has 0 bridgehead atoms. The first kappa shape index (κ1) is 11.6. The van der Waals surface area contributed by atoms with Crippen molar-refractivity contribution in [1.82, 2.24) is 15.2 Å². The lowest BCUT2D eigenvalue weighted by Crippen LogP contribution is -2.32. The lowest BCUT2D eigenvalue weighted by atomic mass is 9.94. The van der Waals surface area contributed by atoms with E-state index in [0.29, 0.717) is 5.92 Å². The minimum Gasteiger partial charge on any atom is -0.272 e. The highest BCUT2D eigenvalue weighted by Crippen LogP contribution is 2.34. The van der Waals surface area contributed by atoms with Crippen molar-refractivity contribution in [3.63, 3.8) is 0 Å². The van der Waals surface area contributed by atoms with Crippen molar-refractivity contribution >= 4 is 0 Å². The van der Waals surface area contributed by atoms with Crippen molar-refractivity contribution in [3.05, 3.63) is 18.0 Å². The molecule has 1 aromatic rings. The van der Waals surface area contributed by atoms with Crippen LogP contribution < -0.4 is 11.3 Å². The fraction of sp³-hybridized carbons (Fsp3) is 0.750. The summed E-state index contributed by atoms with van der Waals surface area (Å²) in [4.78, 5) is 0. The normalized spacial score (nSPS) is 19.1. The Bertz CT molecular complexity index is 315. The molecule has 0 saturated heterocycles. The fourth-order valence-electron chi connectivity index (χ4n) is 2.69. The molecule has 90 valence electrons. The van der Waals surface area contributed by atoms with Gasteiger partial charge in [0.25, 0.3) is 0 Å². The van der Waals surface area contributed by atoms with Gasteiger partial charge in [-0.15, -0.1) is 0 Å². The molecule has 0 aromatic carbocycles. The average molecular weight is 222 g/mol. The van der Waals surface area contributed by atoms with Gasteiger partial charge < -0.3 is 0 Å². The average Bonchev–Trinajstić information content (AvgIpc) is 2.92. The number of hydrazine groups is 1. The summed E-state index contributed by atoms with van der Waals surface area (Å²) in [5.41, 5.74) is 4.20. The first-order valence-corrected chi connectivity index (χ1v) is 6.33. The third-order valence-corrected chi connectivity index (χ3v) is 3.52. The van der Waals surface area contributed by atoms with Crippen LogP contribution in [0.15, 0.2) is 12.4 Å². The zero-order chi connectivity index (χ0) is 11.4. The van der Waals surface area contributed by atoms with Crippen molar-refractivity contribution in [2.45, 2.75) is 51.6 Å². The van der Waals surface area contributed by atoms with Crippen molar-refractivity contribution in [2.75, 3.05) is 0 Å². The van der Waals surface area contributed by atoms with Gasteiger partial charge in [-0.1, -0.05) is 19.8 Å². The second kappa shape index (κ2) is 5.46. The highest BCUT2D eigenvalue weighted by Gasteiger charge is 2.26. The van der Waals surface area contributed by atoms with Gasteiger partial charge in [-0.25, -0.2) is 0 Å². The molecule has 0 radical (unpaired) electrons. The topological polar surface area (TPSA) is 55.9 Å². The second-order valence-electron chi connectivity index (χ2n) is 4.73. The highest BCUT2D eigenvalue weighted by atomic mass is 15.3. The van der Waals surface area contributed by atoms with E-state index in [-0.39, 0.29) is 6.04 Å². The predicted octanol–water partition coefficient (Wildman–Crippen LogP) is 1.99. The zero-order valence-electron chi connectivity index (χ0n) is 10.0. The third-order valence-electron chi connectivity index (χ3n) is 3.52. The Morgan fingerprint density at radius 2 is 2.31 bits per heavy atom. The molecule has 1 aromatic heterocycles. The Morgan fingerprint density at radius 1 is 1.56 bits per heavy atom. The lowest BCUT2D eigenvalue weighted by molar-refractivity contribution is 0.373. The van der Waals surface area contributed by atoms with Crippen LogP contribution in [0.4, 0.5) is 0 Å². The van der Waals surface area contributed by atoms with E-state index >= 15 is 0 Å². The van der Waals surface area contributed by atoms with Gasteiger partial charge in [0, 0.05) is 18.3 Å². The largest absolute Gasteiger partial charge is 0.272 e. The molecule has 4 heteroatoms. The molecule has 1 atom stereocenters. The SMILES string of the molecule is CCCn1cc(C(NN)C2CCCC2)cn1. The van der Waals surface area contributed by atoms with E-state index in [1.807, 2.05) is 10.9 Å². The number of aromatic nitrogens is 2. The Hall–Kier alpha value is -0.870. The van der Waals surface area contributed by atoms with E-state index in [1.165, 1.54) is 31.2 Å². The number of aryl methyl sites for hydroxylation is 1. The van der Waals surface area contributed by atoms with Crippen LogP contribution in [0.3, 0.4) is 0 Å². The van der Waals surface area contributed by atoms with Gasteiger partial charge in [0.1, 0.15) is 0 Å². The molecule has 4 nitrogen and oxygen atoms in total. The van der Waals surface area contributed by atoms with Crippen LogP contribution in [-0.2, 0) is 6.54 Å². The Balaban J connectivity index is 2.06. The van der Waals surface area contributed by atoms with Crippen LogP contribution in [0.25, 0.3) is 0 Å². The van der Waals surface area contributed by atoms with Crippen molar-refractivity contribution in [3.8, 4) is 0 Å². The first-order valence-electron chi connectivity index (χ1n) is 6.33. The highest BCUT2D eigenvalue weighted by molar-refractivity contribution is 5.12. The van der Waals surface area contributed by atoms with Crippen molar-refractivity contribution in [2.24, 2.45) is 11.8 Å². The Kier molecular flexibility index (Phi) is 3.96. The molecule has 1 heterocycles. The van der Waals surface area contributed by atoms with Crippen LogP contribution in [0.2, 0.25) is 0 Å². The van der Waals surface area contributed by atoms with Gasteiger partial charge in [0.2, 0.25) is 0 Å². The van der Waals surface area contributed by atoms with E-state index in [9.17, 15) is 0 Å². The molecular weight excluding hydrogens is 200 g/mol. The van der Waals surface area contributed by atoms with Gasteiger partial charge in [-0.05, 0) is 25.2 Å². The number of rotatable bonds is 5. The van der Waals surface area contributed by atoms with Gasteiger partial charge in [0.15, 0.2) is 0 Å². The number of nitrogens with two attached hydrogens (primary N) is 1. The van der Waals surface area contributed by atoms with Crippen LogP contribution >= 0.6 is 0 Å². The van der Waals surface area contributed by atoms with E-state index in [0.717, 1.165) is 13.0 Å². The lowest BCUT2D eigenvalue weighted by Gasteiger charge is -2.21. The summed E-state index contributed by atoms with van der Waals surface area (Å²) < 4.78 is 2.01. The zero-order valence-corrected chi connectivity index (χ0v) is 10.0. The van der Waals surface area contributed by atoms with Crippen molar-refractivity contribution in [1.29, 1.82) is 0 Å². The van der Waals surface area contributed by atoms with Crippen LogP contribution in [-0.4, -0.2) is 9.78 Å². The molecule has 1 fully saturated rings. The van der Waals surface area contributed by atoms with Crippen LogP contribution in [0.5, 0.6) is 0 Å². The van der Waals surface area contributed by atoms with Gasteiger partial charge >= 0.3 is 0 Å². The summed E-state index contributed by atoms with van der Waals surface area (Å²) in [6.07, 6.45) is 10.5. The number of nitrogens with one attached hydrogen (secondary N) is 1. The molecule has 16 heavy (non-hydrogen) atoms. The maximum Gasteiger partial charge on any atom is 0.0538 e. The summed E-state index contributed by atoms with van der Waals surface area (Å²) in [7, 11) is 0. The monoisotopic (exact) mass is 222 g/mol. The molecule has 1 unspecified atom stereocenters. The quantitative estimate of drug-likeness (QED) is 0.591.